The molecule has 1 aromatic heterocycles. The monoisotopic (exact) mass is 330 g/mol. The Morgan fingerprint density at radius 3 is 2.78 bits per heavy atom. The van der Waals surface area contributed by atoms with E-state index in [9.17, 15) is 4.79 Å². The number of hydrogen-bond acceptors (Lipinski definition) is 4. The number of carbonyl (C=O) groups excluding carboxylic acids is 1. The van der Waals surface area contributed by atoms with Crippen molar-refractivity contribution in [1.29, 1.82) is 0 Å². The van der Waals surface area contributed by atoms with E-state index in [2.05, 4.69) is 10.3 Å². The van der Waals surface area contributed by atoms with Crippen molar-refractivity contribution in [3.8, 4) is 11.3 Å². The van der Waals surface area contributed by atoms with Crippen LogP contribution in [-0.4, -0.2) is 23.6 Å². The standard InChI is InChI=1S/C18H22N2O2S/c1-12(19-17(21)13(2)22-10-14-8-9-14)18-20-16(11-23-18)15-6-4-3-5-7-15/h3-7,11-14H,8-10H2,1-2H3,(H,19,21)/t12-,13-/m1/s1. The Kier molecular flexibility index (Phi) is 5.08. The van der Waals surface area contributed by atoms with E-state index in [0.717, 1.165) is 16.3 Å². The molecule has 1 aromatic carbocycles. The smallest absolute Gasteiger partial charge is 0.249 e. The fraction of sp³-hybridized carbons (Fsp3) is 0.444. The minimum atomic E-state index is -0.411. The first-order chi connectivity index (χ1) is 11.1. The number of nitrogens with one attached hydrogen (secondary N) is 1. The second-order valence-electron chi connectivity index (χ2n) is 6.09. The van der Waals surface area contributed by atoms with Crippen molar-refractivity contribution >= 4 is 17.2 Å². The van der Waals surface area contributed by atoms with Crippen molar-refractivity contribution in [2.75, 3.05) is 6.61 Å². The van der Waals surface area contributed by atoms with Gasteiger partial charge < -0.3 is 10.1 Å². The first-order valence-electron chi connectivity index (χ1n) is 8.06. The predicted molar refractivity (Wildman–Crippen MR) is 92.2 cm³/mol. The van der Waals surface area contributed by atoms with Crippen LogP contribution in [0.25, 0.3) is 11.3 Å². The van der Waals surface area contributed by atoms with Gasteiger partial charge in [-0.2, -0.15) is 0 Å². The average molecular weight is 330 g/mol. The molecule has 1 heterocycles. The molecule has 1 fully saturated rings. The van der Waals surface area contributed by atoms with Crippen molar-refractivity contribution in [2.24, 2.45) is 5.92 Å². The molecular formula is C18H22N2O2S. The summed E-state index contributed by atoms with van der Waals surface area (Å²) in [5.74, 6) is 0.588. The summed E-state index contributed by atoms with van der Waals surface area (Å²) >= 11 is 1.57. The van der Waals surface area contributed by atoms with Gasteiger partial charge in [-0.1, -0.05) is 30.3 Å². The van der Waals surface area contributed by atoms with E-state index in [1.54, 1.807) is 11.3 Å². The SMILES string of the molecule is C[C@@H](OCC1CC1)C(=O)N[C@H](C)c1nc(-c2ccccc2)cs1. The predicted octanol–water partition coefficient (Wildman–Crippen LogP) is 3.80. The topological polar surface area (TPSA) is 51.2 Å². The highest BCUT2D eigenvalue weighted by molar-refractivity contribution is 7.10. The van der Waals surface area contributed by atoms with E-state index in [1.165, 1.54) is 12.8 Å². The molecule has 122 valence electrons. The zero-order valence-corrected chi connectivity index (χ0v) is 14.3. The number of thiazole rings is 1. The molecule has 1 amide bonds. The maximum absolute atomic E-state index is 12.2. The first-order valence-corrected chi connectivity index (χ1v) is 8.94. The lowest BCUT2D eigenvalue weighted by Gasteiger charge is -2.16. The number of aromatic nitrogens is 1. The van der Waals surface area contributed by atoms with Gasteiger partial charge in [0.05, 0.1) is 18.3 Å². The normalized spacial score (nSPS) is 16.8. The largest absolute Gasteiger partial charge is 0.368 e. The number of nitrogens with zero attached hydrogens (tertiary/aromatic N) is 1. The minimum Gasteiger partial charge on any atom is -0.368 e. The molecule has 2 atom stereocenters. The van der Waals surface area contributed by atoms with Gasteiger partial charge in [0.2, 0.25) is 5.91 Å². The molecule has 0 aliphatic heterocycles. The molecular weight excluding hydrogens is 308 g/mol. The molecule has 0 spiro atoms. The molecule has 0 bridgehead atoms. The minimum absolute atomic E-state index is 0.0744. The van der Waals surface area contributed by atoms with Crippen LogP contribution in [0.1, 0.15) is 37.7 Å². The molecule has 0 radical (unpaired) electrons. The summed E-state index contributed by atoms with van der Waals surface area (Å²) in [6.07, 6.45) is 2.05. The van der Waals surface area contributed by atoms with Crippen molar-refractivity contribution in [1.82, 2.24) is 10.3 Å². The van der Waals surface area contributed by atoms with Gasteiger partial charge in [0, 0.05) is 10.9 Å². The van der Waals surface area contributed by atoms with Crippen LogP contribution in [0.5, 0.6) is 0 Å². The molecule has 23 heavy (non-hydrogen) atoms. The van der Waals surface area contributed by atoms with E-state index >= 15 is 0 Å². The summed E-state index contributed by atoms with van der Waals surface area (Å²) in [4.78, 5) is 16.8. The Labute approximate surface area is 140 Å². The van der Waals surface area contributed by atoms with Gasteiger partial charge in [-0.3, -0.25) is 4.79 Å². The Balaban J connectivity index is 1.56. The Morgan fingerprint density at radius 1 is 1.35 bits per heavy atom. The van der Waals surface area contributed by atoms with Crippen LogP contribution in [-0.2, 0) is 9.53 Å². The zero-order chi connectivity index (χ0) is 16.2. The lowest BCUT2D eigenvalue weighted by Crippen LogP contribution is -2.36. The van der Waals surface area contributed by atoms with Gasteiger partial charge in [-0.05, 0) is 32.6 Å². The fourth-order valence-corrected chi connectivity index (χ4v) is 3.10. The summed E-state index contributed by atoms with van der Waals surface area (Å²) in [6, 6.07) is 9.95. The maximum atomic E-state index is 12.2. The van der Waals surface area contributed by atoms with Crippen LogP contribution in [0.3, 0.4) is 0 Å². The Hall–Kier alpha value is -1.72. The van der Waals surface area contributed by atoms with Crippen molar-refractivity contribution < 1.29 is 9.53 Å². The molecule has 4 nitrogen and oxygen atoms in total. The van der Waals surface area contributed by atoms with E-state index in [4.69, 9.17) is 4.74 Å². The van der Waals surface area contributed by atoms with Gasteiger partial charge in [0.25, 0.3) is 0 Å². The van der Waals surface area contributed by atoms with Crippen LogP contribution in [0.2, 0.25) is 0 Å². The quantitative estimate of drug-likeness (QED) is 0.840. The third-order valence-electron chi connectivity index (χ3n) is 3.97. The van der Waals surface area contributed by atoms with Crippen molar-refractivity contribution in [2.45, 2.75) is 38.8 Å². The van der Waals surface area contributed by atoms with Gasteiger partial charge >= 0.3 is 0 Å². The summed E-state index contributed by atoms with van der Waals surface area (Å²) in [5.41, 5.74) is 2.04. The van der Waals surface area contributed by atoms with Gasteiger partial charge in [0.15, 0.2) is 0 Å². The number of amides is 1. The molecule has 1 aliphatic carbocycles. The lowest BCUT2D eigenvalue weighted by molar-refractivity contribution is -0.132. The van der Waals surface area contributed by atoms with Crippen molar-refractivity contribution in [3.63, 3.8) is 0 Å². The van der Waals surface area contributed by atoms with Crippen LogP contribution in [0.4, 0.5) is 0 Å². The summed E-state index contributed by atoms with van der Waals surface area (Å²) < 4.78 is 5.61. The van der Waals surface area contributed by atoms with Crippen LogP contribution >= 0.6 is 11.3 Å². The molecule has 0 unspecified atom stereocenters. The van der Waals surface area contributed by atoms with Crippen LogP contribution in [0, 0.1) is 5.92 Å². The number of benzene rings is 1. The Bertz CT molecular complexity index is 652. The molecule has 0 saturated heterocycles. The van der Waals surface area contributed by atoms with E-state index in [-0.39, 0.29) is 11.9 Å². The number of hydrogen-bond donors (Lipinski definition) is 1. The van der Waals surface area contributed by atoms with Crippen molar-refractivity contribution in [3.05, 3.63) is 40.7 Å². The second kappa shape index (κ2) is 7.23. The summed E-state index contributed by atoms with van der Waals surface area (Å²) in [6.45, 7) is 4.46. The van der Waals surface area contributed by atoms with Gasteiger partial charge in [0.1, 0.15) is 11.1 Å². The molecule has 1 N–H and O–H groups in total. The third kappa shape index (κ3) is 4.39. The highest BCUT2D eigenvalue weighted by atomic mass is 32.1. The summed E-state index contributed by atoms with van der Waals surface area (Å²) in [7, 11) is 0. The molecule has 2 aromatic rings. The highest BCUT2D eigenvalue weighted by Gasteiger charge is 2.25. The number of ether oxygens (including phenoxy) is 1. The fourth-order valence-electron chi connectivity index (χ4n) is 2.26. The Morgan fingerprint density at radius 2 is 2.09 bits per heavy atom. The number of carbonyl (C=O) groups is 1. The average Bonchev–Trinajstić information content (AvgIpc) is 3.26. The van der Waals surface area contributed by atoms with Gasteiger partial charge in [-0.15, -0.1) is 11.3 Å². The zero-order valence-electron chi connectivity index (χ0n) is 13.5. The van der Waals surface area contributed by atoms with E-state index in [0.29, 0.717) is 12.5 Å². The van der Waals surface area contributed by atoms with Crippen LogP contribution in [0.15, 0.2) is 35.7 Å². The van der Waals surface area contributed by atoms with Crippen LogP contribution < -0.4 is 5.32 Å². The summed E-state index contributed by atoms with van der Waals surface area (Å²) in [5, 5.41) is 5.93. The van der Waals surface area contributed by atoms with E-state index in [1.807, 2.05) is 49.6 Å². The second-order valence-corrected chi connectivity index (χ2v) is 6.98. The number of rotatable bonds is 7. The van der Waals surface area contributed by atoms with Gasteiger partial charge in [-0.25, -0.2) is 4.98 Å². The lowest BCUT2D eigenvalue weighted by atomic mass is 10.2. The van der Waals surface area contributed by atoms with E-state index < -0.39 is 6.10 Å². The molecule has 3 rings (SSSR count). The highest BCUT2D eigenvalue weighted by Crippen LogP contribution is 2.29. The third-order valence-corrected chi connectivity index (χ3v) is 5.00. The molecule has 1 aliphatic rings. The molecule has 1 saturated carbocycles. The molecule has 5 heteroatoms. The maximum Gasteiger partial charge on any atom is 0.249 e. The first kappa shape index (κ1) is 16.1.